The van der Waals surface area contributed by atoms with Gasteiger partial charge in [0.2, 0.25) is 17.7 Å². The highest BCUT2D eigenvalue weighted by atomic mass is 16.6. The van der Waals surface area contributed by atoms with Gasteiger partial charge in [-0.2, -0.15) is 0 Å². The van der Waals surface area contributed by atoms with Gasteiger partial charge in [-0.25, -0.2) is 4.79 Å². The molecule has 0 fully saturated rings. The Hall–Kier alpha value is -2.36. The van der Waals surface area contributed by atoms with E-state index in [1.54, 1.807) is 20.8 Å². The zero-order valence-corrected chi connectivity index (χ0v) is 22.9. The Labute approximate surface area is 210 Å². The molecule has 0 heterocycles. The van der Waals surface area contributed by atoms with Crippen molar-refractivity contribution in [2.75, 3.05) is 0 Å². The normalized spacial score (nSPS) is 16.9. The molecular formula is C25H48N4O6. The van der Waals surface area contributed by atoms with E-state index in [1.807, 2.05) is 41.5 Å². The summed E-state index contributed by atoms with van der Waals surface area (Å²) < 4.78 is 5.31. The van der Waals surface area contributed by atoms with Crippen LogP contribution in [0, 0.1) is 17.8 Å². The molecule has 0 saturated carbocycles. The summed E-state index contributed by atoms with van der Waals surface area (Å²) in [7, 11) is 0. The smallest absolute Gasteiger partial charge is 0.408 e. The van der Waals surface area contributed by atoms with E-state index in [0.717, 1.165) is 0 Å². The number of aliphatic hydroxyl groups excluding tert-OH is 1. The summed E-state index contributed by atoms with van der Waals surface area (Å²) in [6.07, 6.45) is -0.498. The molecule has 10 heteroatoms. The van der Waals surface area contributed by atoms with E-state index in [1.165, 1.54) is 0 Å². The number of aliphatic hydroxyl groups is 1. The molecule has 0 spiro atoms. The summed E-state index contributed by atoms with van der Waals surface area (Å²) in [5, 5.41) is 18.7. The van der Waals surface area contributed by atoms with E-state index in [4.69, 9.17) is 10.5 Å². The summed E-state index contributed by atoms with van der Waals surface area (Å²) in [5.74, 6) is -1.95. The molecule has 4 amide bonds. The lowest BCUT2D eigenvalue weighted by atomic mass is 9.93. The van der Waals surface area contributed by atoms with Gasteiger partial charge in [-0.15, -0.1) is 0 Å². The van der Waals surface area contributed by atoms with E-state index < -0.39 is 53.6 Å². The van der Waals surface area contributed by atoms with Crippen molar-refractivity contribution in [3.8, 4) is 0 Å². The van der Waals surface area contributed by atoms with Gasteiger partial charge in [-0.1, -0.05) is 54.4 Å². The number of alkyl carbamates (subject to hydrolysis) is 1. The first kappa shape index (κ1) is 32.6. The number of nitrogens with one attached hydrogen (secondary N) is 3. The molecule has 6 atom stereocenters. The van der Waals surface area contributed by atoms with Crippen LogP contribution in [0.3, 0.4) is 0 Å². The Morgan fingerprint density at radius 1 is 0.857 bits per heavy atom. The molecule has 3 unspecified atom stereocenters. The number of primary amides is 1. The number of rotatable bonds is 14. The van der Waals surface area contributed by atoms with Crippen LogP contribution in [-0.4, -0.2) is 58.8 Å². The number of hydrogen-bond acceptors (Lipinski definition) is 6. The van der Waals surface area contributed by atoms with Gasteiger partial charge < -0.3 is 31.5 Å². The number of nitrogens with two attached hydrogens (primary N) is 1. The topological polar surface area (TPSA) is 160 Å². The van der Waals surface area contributed by atoms with Crippen molar-refractivity contribution in [3.63, 3.8) is 0 Å². The second-order valence-corrected chi connectivity index (χ2v) is 10.9. The minimum atomic E-state index is -1.14. The molecule has 10 nitrogen and oxygen atoms in total. The molecule has 0 aliphatic carbocycles. The van der Waals surface area contributed by atoms with Crippen molar-refractivity contribution in [1.82, 2.24) is 16.0 Å². The minimum Gasteiger partial charge on any atom is -0.444 e. The van der Waals surface area contributed by atoms with Gasteiger partial charge in [-0.3, -0.25) is 14.4 Å². The lowest BCUT2D eigenvalue weighted by molar-refractivity contribution is -0.133. The molecule has 35 heavy (non-hydrogen) atoms. The molecule has 0 aromatic carbocycles. The first-order chi connectivity index (χ1) is 16.0. The van der Waals surface area contributed by atoms with Gasteiger partial charge in [0, 0.05) is 0 Å². The lowest BCUT2D eigenvalue weighted by Crippen LogP contribution is -2.59. The fourth-order valence-electron chi connectivity index (χ4n) is 3.52. The summed E-state index contributed by atoms with van der Waals surface area (Å²) in [5.41, 5.74) is 4.50. The summed E-state index contributed by atoms with van der Waals surface area (Å²) in [6.45, 7) is 16.5. The van der Waals surface area contributed by atoms with Crippen molar-refractivity contribution < 1.29 is 29.0 Å². The molecule has 0 aliphatic heterocycles. The maximum absolute atomic E-state index is 13.3. The number of ether oxygens (including phenoxy) is 1. The second kappa shape index (κ2) is 14.9. The van der Waals surface area contributed by atoms with Gasteiger partial charge in [0.15, 0.2) is 0 Å². The molecule has 0 saturated heterocycles. The van der Waals surface area contributed by atoms with Crippen LogP contribution in [0.4, 0.5) is 4.79 Å². The Kier molecular flexibility index (Phi) is 13.9. The standard InChI is InChI=1S/C25H48N4O6/c1-10-15(5)20(22(32)27-17(12-14(3)4)18(30)13-19(26)31)28-23(33)21(16(6)11-2)29-24(34)35-25(7,8)9/h14-18,20-21,30H,10-13H2,1-9H3,(H2,26,31)(H,27,32)(H,28,33)(H,29,34)/t15?,16?,17-,18?,20-,21-/m0/s1. The number of hydrogen-bond donors (Lipinski definition) is 5. The van der Waals surface area contributed by atoms with Crippen LogP contribution >= 0.6 is 0 Å². The van der Waals surface area contributed by atoms with E-state index in [-0.39, 0.29) is 24.2 Å². The van der Waals surface area contributed by atoms with E-state index in [0.29, 0.717) is 19.3 Å². The van der Waals surface area contributed by atoms with Crippen molar-refractivity contribution >= 4 is 23.8 Å². The van der Waals surface area contributed by atoms with Crippen molar-refractivity contribution in [2.45, 2.75) is 118 Å². The lowest BCUT2D eigenvalue weighted by Gasteiger charge is -2.32. The van der Waals surface area contributed by atoms with E-state index in [2.05, 4.69) is 16.0 Å². The number of carbonyl (C=O) groups excluding carboxylic acids is 4. The first-order valence-corrected chi connectivity index (χ1v) is 12.6. The highest BCUT2D eigenvalue weighted by molar-refractivity contribution is 5.91. The molecule has 0 bridgehead atoms. The quantitative estimate of drug-likeness (QED) is 0.246. The molecule has 204 valence electrons. The Morgan fingerprint density at radius 2 is 1.31 bits per heavy atom. The Bertz CT molecular complexity index is 707. The highest BCUT2D eigenvalue weighted by Gasteiger charge is 2.34. The van der Waals surface area contributed by atoms with Crippen LogP contribution in [-0.2, 0) is 19.1 Å². The maximum Gasteiger partial charge on any atom is 0.408 e. The van der Waals surface area contributed by atoms with Crippen LogP contribution in [0.2, 0.25) is 0 Å². The average molecular weight is 501 g/mol. The average Bonchev–Trinajstić information content (AvgIpc) is 2.71. The van der Waals surface area contributed by atoms with Gasteiger partial charge >= 0.3 is 6.09 Å². The monoisotopic (exact) mass is 500 g/mol. The molecular weight excluding hydrogens is 452 g/mol. The molecule has 0 aromatic heterocycles. The third kappa shape index (κ3) is 12.8. The molecule has 6 N–H and O–H groups in total. The van der Waals surface area contributed by atoms with E-state index >= 15 is 0 Å². The van der Waals surface area contributed by atoms with Gasteiger partial charge in [0.1, 0.15) is 17.7 Å². The number of amides is 4. The number of carbonyl (C=O) groups is 4. The summed E-state index contributed by atoms with van der Waals surface area (Å²) in [6, 6.07) is -2.51. The van der Waals surface area contributed by atoms with Gasteiger partial charge in [-0.05, 0) is 44.9 Å². The third-order valence-electron chi connectivity index (χ3n) is 5.89. The minimum absolute atomic E-state index is 0.132. The van der Waals surface area contributed by atoms with Crippen LogP contribution < -0.4 is 21.7 Å². The summed E-state index contributed by atoms with van der Waals surface area (Å²) >= 11 is 0. The third-order valence-corrected chi connectivity index (χ3v) is 5.89. The zero-order chi connectivity index (χ0) is 27.5. The van der Waals surface area contributed by atoms with Crippen LogP contribution in [0.5, 0.6) is 0 Å². The molecule has 0 radical (unpaired) electrons. The van der Waals surface area contributed by atoms with Crippen LogP contribution in [0.25, 0.3) is 0 Å². The van der Waals surface area contributed by atoms with Crippen molar-refractivity contribution in [3.05, 3.63) is 0 Å². The van der Waals surface area contributed by atoms with Gasteiger partial charge in [0.25, 0.3) is 0 Å². The zero-order valence-electron chi connectivity index (χ0n) is 22.9. The van der Waals surface area contributed by atoms with Gasteiger partial charge in [0.05, 0.1) is 18.6 Å². The van der Waals surface area contributed by atoms with Crippen LogP contribution in [0.1, 0.15) is 88.0 Å². The first-order valence-electron chi connectivity index (χ1n) is 12.6. The SMILES string of the molecule is CCC(C)[C@H](NC(=O)OC(C)(C)C)C(=O)N[C@H](C(=O)N[C@@H](CC(C)C)C(O)CC(N)=O)C(C)CC. The predicted molar refractivity (Wildman–Crippen MR) is 135 cm³/mol. The molecule has 0 aromatic rings. The van der Waals surface area contributed by atoms with E-state index in [9.17, 15) is 24.3 Å². The van der Waals surface area contributed by atoms with Crippen molar-refractivity contribution in [1.29, 1.82) is 0 Å². The second-order valence-electron chi connectivity index (χ2n) is 10.9. The fraction of sp³-hybridized carbons (Fsp3) is 0.840. The fourth-order valence-corrected chi connectivity index (χ4v) is 3.52. The maximum atomic E-state index is 13.3. The molecule has 0 rings (SSSR count). The Balaban J connectivity index is 5.72. The Morgan fingerprint density at radius 3 is 1.71 bits per heavy atom. The predicted octanol–water partition coefficient (Wildman–Crippen LogP) is 2.22. The molecule has 0 aliphatic rings. The largest absolute Gasteiger partial charge is 0.444 e. The van der Waals surface area contributed by atoms with Crippen molar-refractivity contribution in [2.24, 2.45) is 23.5 Å². The highest BCUT2D eigenvalue weighted by Crippen LogP contribution is 2.16. The van der Waals surface area contributed by atoms with Crippen LogP contribution in [0.15, 0.2) is 0 Å². The summed E-state index contributed by atoms with van der Waals surface area (Å²) in [4.78, 5) is 50.2.